The Kier molecular flexibility index (Phi) is 2.86. The van der Waals surface area contributed by atoms with Crippen molar-refractivity contribution >= 4 is 39.0 Å². The molecule has 1 aromatic rings. The van der Waals surface area contributed by atoms with Gasteiger partial charge in [-0.15, -0.1) is 23.1 Å². The Balaban J connectivity index is 2.20. The lowest BCUT2D eigenvalue weighted by Gasteiger charge is -2.10. The zero-order chi connectivity index (χ0) is 9.42. The number of allylic oxidation sites excluding steroid dienone is 2. The lowest BCUT2D eigenvalue weighted by atomic mass is 10.2. The summed E-state index contributed by atoms with van der Waals surface area (Å²) in [6.07, 6.45) is 2.30. The number of hydrogen-bond acceptors (Lipinski definition) is 2. The average molecular weight is 275 g/mol. The fraction of sp³-hybridized carbons (Fsp3) is 0.400. The Morgan fingerprint density at radius 1 is 1.31 bits per heavy atom. The number of thiophene rings is 1. The highest BCUT2D eigenvalue weighted by Gasteiger charge is 2.26. The third kappa shape index (κ3) is 2.03. The first kappa shape index (κ1) is 9.81. The van der Waals surface area contributed by atoms with Crippen LogP contribution in [0.25, 0.3) is 0 Å². The molecule has 3 heteroatoms. The van der Waals surface area contributed by atoms with Gasteiger partial charge in [0.15, 0.2) is 0 Å². The van der Waals surface area contributed by atoms with Crippen molar-refractivity contribution in [1.82, 2.24) is 0 Å². The van der Waals surface area contributed by atoms with Crippen LogP contribution in [0.5, 0.6) is 0 Å². The van der Waals surface area contributed by atoms with Crippen molar-refractivity contribution in [2.45, 2.75) is 23.9 Å². The summed E-state index contributed by atoms with van der Waals surface area (Å²) in [6, 6.07) is 4.45. The van der Waals surface area contributed by atoms with Crippen LogP contribution in [0.4, 0.5) is 0 Å². The van der Waals surface area contributed by atoms with Gasteiger partial charge in [0.2, 0.25) is 0 Å². The number of thioether (sulfide) groups is 1. The fourth-order valence-corrected chi connectivity index (χ4v) is 5.02. The predicted molar refractivity (Wildman–Crippen MR) is 65.9 cm³/mol. The van der Waals surface area contributed by atoms with E-state index in [1.54, 1.807) is 0 Å². The maximum atomic E-state index is 3.70. The van der Waals surface area contributed by atoms with E-state index < -0.39 is 0 Å². The average Bonchev–Trinajstić information content (AvgIpc) is 2.58. The van der Waals surface area contributed by atoms with Crippen LogP contribution in [-0.4, -0.2) is 4.83 Å². The van der Waals surface area contributed by atoms with Crippen LogP contribution in [0.2, 0.25) is 0 Å². The van der Waals surface area contributed by atoms with Gasteiger partial charge in [0.1, 0.15) is 0 Å². The van der Waals surface area contributed by atoms with Crippen LogP contribution in [-0.2, 0) is 0 Å². The highest BCUT2D eigenvalue weighted by Crippen LogP contribution is 2.48. The van der Waals surface area contributed by atoms with Gasteiger partial charge in [-0.3, -0.25) is 0 Å². The molecule has 2 heterocycles. The minimum absolute atomic E-state index is 0.510. The van der Waals surface area contributed by atoms with Crippen LogP contribution in [0.15, 0.2) is 23.1 Å². The van der Waals surface area contributed by atoms with Crippen molar-refractivity contribution in [3.8, 4) is 0 Å². The molecule has 0 fully saturated rings. The monoisotopic (exact) mass is 274 g/mol. The number of rotatable bonds is 1. The van der Waals surface area contributed by atoms with Crippen LogP contribution in [0.1, 0.15) is 21.9 Å². The highest BCUT2D eigenvalue weighted by atomic mass is 79.9. The predicted octanol–water partition coefficient (Wildman–Crippen LogP) is 4.51. The Morgan fingerprint density at radius 3 is 2.54 bits per heavy atom. The van der Waals surface area contributed by atoms with Gasteiger partial charge in [-0.2, -0.15) is 0 Å². The van der Waals surface area contributed by atoms with Gasteiger partial charge < -0.3 is 0 Å². The lowest BCUT2D eigenvalue weighted by Crippen LogP contribution is -1.98. The van der Waals surface area contributed by atoms with Crippen molar-refractivity contribution in [2.75, 3.05) is 0 Å². The molecule has 2 rings (SSSR count). The summed E-state index contributed by atoms with van der Waals surface area (Å²) in [6.45, 7) is 4.34. The Bertz CT molecular complexity index is 340. The molecule has 0 radical (unpaired) electrons. The molecule has 2 unspecified atom stereocenters. The summed E-state index contributed by atoms with van der Waals surface area (Å²) < 4.78 is 0. The lowest BCUT2D eigenvalue weighted by molar-refractivity contribution is 1.05. The topological polar surface area (TPSA) is 0 Å². The molecule has 1 aliphatic rings. The summed E-state index contributed by atoms with van der Waals surface area (Å²) in [5, 5.41) is 0.596. The Hall–Kier alpha value is 0.270. The number of hydrogen-bond donors (Lipinski definition) is 0. The Morgan fingerprint density at radius 2 is 2.08 bits per heavy atom. The van der Waals surface area contributed by atoms with Crippen LogP contribution >= 0.6 is 39.0 Å². The molecule has 0 aliphatic carbocycles. The first-order chi connectivity index (χ1) is 6.16. The van der Waals surface area contributed by atoms with Gasteiger partial charge >= 0.3 is 0 Å². The molecule has 0 amide bonds. The van der Waals surface area contributed by atoms with Crippen molar-refractivity contribution in [2.24, 2.45) is 0 Å². The third-order valence-electron chi connectivity index (χ3n) is 2.04. The molecule has 13 heavy (non-hydrogen) atoms. The molecule has 0 N–H and O–H groups in total. The summed E-state index contributed by atoms with van der Waals surface area (Å²) >= 11 is 7.57. The summed E-state index contributed by atoms with van der Waals surface area (Å²) in [7, 11) is 0. The second-order valence-corrected chi connectivity index (χ2v) is 6.97. The maximum Gasteiger partial charge on any atom is 0.0595 e. The molecule has 0 saturated heterocycles. The Labute approximate surface area is 95.6 Å². The number of aryl methyl sites for hydroxylation is 1. The standard InChI is InChI=1S/C10H11BrS2/c1-6-3-4-9(12-6)10-8(11)5-7(2)13-10/h3-5,8,10H,1-2H3. The molecule has 2 atom stereocenters. The molecule has 0 nitrogen and oxygen atoms in total. The molecule has 1 aliphatic heterocycles. The third-order valence-corrected chi connectivity index (χ3v) is 5.72. The van der Waals surface area contributed by atoms with E-state index in [0.29, 0.717) is 10.1 Å². The number of alkyl halides is 1. The van der Waals surface area contributed by atoms with Crippen LogP contribution in [0.3, 0.4) is 0 Å². The summed E-state index contributed by atoms with van der Waals surface area (Å²) in [4.78, 5) is 4.82. The zero-order valence-corrected chi connectivity index (χ0v) is 10.8. The fourth-order valence-electron chi connectivity index (χ4n) is 1.44. The van der Waals surface area contributed by atoms with Crippen molar-refractivity contribution in [1.29, 1.82) is 0 Å². The van der Waals surface area contributed by atoms with Gasteiger partial charge in [0.25, 0.3) is 0 Å². The van der Waals surface area contributed by atoms with E-state index in [9.17, 15) is 0 Å². The van der Waals surface area contributed by atoms with Gasteiger partial charge in [0.05, 0.1) is 10.1 Å². The van der Waals surface area contributed by atoms with E-state index in [2.05, 4.69) is 48.0 Å². The first-order valence-corrected chi connectivity index (χ1v) is 6.83. The second-order valence-electron chi connectivity index (χ2n) is 3.21. The van der Waals surface area contributed by atoms with Gasteiger partial charge in [-0.25, -0.2) is 0 Å². The minimum Gasteiger partial charge on any atom is -0.144 e. The summed E-state index contributed by atoms with van der Waals surface area (Å²) in [5.74, 6) is 0. The van der Waals surface area contributed by atoms with Gasteiger partial charge in [0, 0.05) is 9.75 Å². The first-order valence-electron chi connectivity index (χ1n) is 4.22. The van der Waals surface area contributed by atoms with E-state index in [1.165, 1.54) is 14.7 Å². The SMILES string of the molecule is CC1=CC(Br)C(c2ccc(C)s2)S1. The van der Waals surface area contributed by atoms with Crippen molar-refractivity contribution in [3.05, 3.63) is 32.9 Å². The number of halogens is 1. The zero-order valence-electron chi connectivity index (χ0n) is 7.58. The van der Waals surface area contributed by atoms with Crippen LogP contribution < -0.4 is 0 Å². The van der Waals surface area contributed by atoms with E-state index in [1.807, 2.05) is 23.1 Å². The molecule has 0 spiro atoms. The molecule has 0 saturated carbocycles. The quantitative estimate of drug-likeness (QED) is 0.679. The second kappa shape index (κ2) is 3.79. The maximum absolute atomic E-state index is 3.70. The molecule has 1 aromatic heterocycles. The molecular weight excluding hydrogens is 264 g/mol. The largest absolute Gasteiger partial charge is 0.144 e. The highest BCUT2D eigenvalue weighted by molar-refractivity contribution is 9.09. The van der Waals surface area contributed by atoms with E-state index >= 15 is 0 Å². The minimum atomic E-state index is 0.510. The van der Waals surface area contributed by atoms with Crippen LogP contribution in [0, 0.1) is 6.92 Å². The smallest absolute Gasteiger partial charge is 0.0595 e. The van der Waals surface area contributed by atoms with E-state index in [4.69, 9.17) is 0 Å². The molecule has 70 valence electrons. The van der Waals surface area contributed by atoms with Crippen molar-refractivity contribution < 1.29 is 0 Å². The molecule has 0 bridgehead atoms. The van der Waals surface area contributed by atoms with E-state index in [0.717, 1.165) is 0 Å². The van der Waals surface area contributed by atoms with Gasteiger partial charge in [-0.1, -0.05) is 22.0 Å². The molecular formula is C10H11BrS2. The van der Waals surface area contributed by atoms with Crippen molar-refractivity contribution in [3.63, 3.8) is 0 Å². The molecule has 0 aromatic carbocycles. The summed E-state index contributed by atoms with van der Waals surface area (Å²) in [5.41, 5.74) is 0. The van der Waals surface area contributed by atoms with E-state index in [-0.39, 0.29) is 0 Å². The normalized spacial score (nSPS) is 27.8. The van der Waals surface area contributed by atoms with Gasteiger partial charge in [-0.05, 0) is 30.9 Å².